The van der Waals surface area contributed by atoms with Crippen LogP contribution >= 0.6 is 0 Å². The maximum atomic E-state index is 12.3. The van der Waals surface area contributed by atoms with Gasteiger partial charge in [-0.25, -0.2) is 0 Å². The fourth-order valence-electron chi connectivity index (χ4n) is 3.12. The number of piperidine rings is 1. The van der Waals surface area contributed by atoms with Gasteiger partial charge in [-0.2, -0.15) is 8.42 Å². The molecule has 0 aliphatic carbocycles. The van der Waals surface area contributed by atoms with Gasteiger partial charge in [0.2, 0.25) is 0 Å². The Hall–Kier alpha value is -0.910. The van der Waals surface area contributed by atoms with E-state index in [1.165, 1.54) is 0 Å². The van der Waals surface area contributed by atoms with E-state index in [0.29, 0.717) is 12.8 Å². The van der Waals surface area contributed by atoms with Gasteiger partial charge in [-0.3, -0.25) is 4.18 Å². The van der Waals surface area contributed by atoms with E-state index in [2.05, 4.69) is 33.0 Å². The van der Waals surface area contributed by atoms with Crippen molar-refractivity contribution in [2.24, 2.45) is 0 Å². The molecule has 1 aliphatic heterocycles. The van der Waals surface area contributed by atoms with Crippen molar-refractivity contribution in [2.75, 3.05) is 0 Å². The van der Waals surface area contributed by atoms with Crippen molar-refractivity contribution >= 4 is 10.1 Å². The number of rotatable bonds is 3. The quantitative estimate of drug-likeness (QED) is 0.872. The van der Waals surface area contributed by atoms with E-state index in [1.54, 1.807) is 30.3 Å². The van der Waals surface area contributed by atoms with Gasteiger partial charge in [0.15, 0.2) is 0 Å². The predicted octanol–water partition coefficient (Wildman–Crippen LogP) is 2.70. The van der Waals surface area contributed by atoms with Crippen LogP contribution in [0.2, 0.25) is 0 Å². The molecule has 20 heavy (non-hydrogen) atoms. The molecule has 1 fully saturated rings. The van der Waals surface area contributed by atoms with E-state index in [1.807, 2.05) is 0 Å². The lowest BCUT2D eigenvalue weighted by Gasteiger charge is -2.45. The van der Waals surface area contributed by atoms with Crippen molar-refractivity contribution in [1.29, 1.82) is 0 Å². The van der Waals surface area contributed by atoms with Crippen LogP contribution in [0.4, 0.5) is 0 Å². The molecule has 0 unspecified atom stereocenters. The average molecular weight is 297 g/mol. The minimum absolute atomic E-state index is 0.140. The molecule has 0 atom stereocenters. The topological polar surface area (TPSA) is 55.4 Å². The fraction of sp³-hybridized carbons (Fsp3) is 0.600. The molecule has 1 N–H and O–H groups in total. The molecule has 1 aliphatic rings. The fourth-order valence-corrected chi connectivity index (χ4v) is 4.21. The zero-order valence-corrected chi connectivity index (χ0v) is 13.3. The highest BCUT2D eigenvalue weighted by Crippen LogP contribution is 2.32. The second-order valence-electron chi connectivity index (χ2n) is 6.79. The lowest BCUT2D eigenvalue weighted by Crippen LogP contribution is -2.59. The second kappa shape index (κ2) is 5.13. The molecular formula is C15H23NO3S. The van der Waals surface area contributed by atoms with Crippen LogP contribution in [0.25, 0.3) is 0 Å². The summed E-state index contributed by atoms with van der Waals surface area (Å²) in [4.78, 5) is 0.217. The SMILES string of the molecule is CC1(C)CC(OS(=O)(=O)c2ccccc2)CC(C)(C)N1. The minimum Gasteiger partial charge on any atom is -0.307 e. The number of nitrogens with one attached hydrogen (secondary N) is 1. The lowest BCUT2D eigenvalue weighted by atomic mass is 9.81. The number of hydrogen-bond donors (Lipinski definition) is 1. The highest BCUT2D eigenvalue weighted by atomic mass is 32.2. The molecule has 0 bridgehead atoms. The highest BCUT2D eigenvalue weighted by Gasteiger charge is 2.40. The molecule has 1 aromatic rings. The molecule has 0 amide bonds. The van der Waals surface area contributed by atoms with Gasteiger partial charge in [0.1, 0.15) is 0 Å². The Balaban J connectivity index is 2.17. The maximum absolute atomic E-state index is 12.3. The number of benzene rings is 1. The van der Waals surface area contributed by atoms with Crippen molar-refractivity contribution in [3.05, 3.63) is 30.3 Å². The molecule has 112 valence electrons. The summed E-state index contributed by atoms with van der Waals surface area (Å²) in [5.41, 5.74) is -0.281. The summed E-state index contributed by atoms with van der Waals surface area (Å²) in [5.74, 6) is 0. The summed E-state index contributed by atoms with van der Waals surface area (Å²) in [5, 5.41) is 3.51. The largest absolute Gasteiger partial charge is 0.307 e. The van der Waals surface area contributed by atoms with Gasteiger partial charge >= 0.3 is 0 Å². The van der Waals surface area contributed by atoms with Gasteiger partial charge in [0, 0.05) is 11.1 Å². The van der Waals surface area contributed by atoms with Crippen molar-refractivity contribution in [2.45, 2.75) is 62.6 Å². The Morgan fingerprint density at radius 2 is 1.55 bits per heavy atom. The van der Waals surface area contributed by atoms with Crippen LogP contribution in [0.5, 0.6) is 0 Å². The van der Waals surface area contributed by atoms with Crippen LogP contribution in [0.3, 0.4) is 0 Å². The van der Waals surface area contributed by atoms with Crippen LogP contribution in [-0.2, 0) is 14.3 Å². The van der Waals surface area contributed by atoms with Crippen molar-refractivity contribution < 1.29 is 12.6 Å². The Morgan fingerprint density at radius 1 is 1.05 bits per heavy atom. The van der Waals surface area contributed by atoms with Crippen LogP contribution in [0, 0.1) is 0 Å². The van der Waals surface area contributed by atoms with E-state index in [4.69, 9.17) is 4.18 Å². The van der Waals surface area contributed by atoms with Crippen molar-refractivity contribution in [3.63, 3.8) is 0 Å². The molecule has 2 rings (SSSR count). The third-order valence-corrected chi connectivity index (χ3v) is 4.82. The Bertz CT molecular complexity index is 548. The first-order valence-electron chi connectivity index (χ1n) is 6.87. The van der Waals surface area contributed by atoms with Crippen LogP contribution in [-0.4, -0.2) is 25.6 Å². The van der Waals surface area contributed by atoms with E-state index < -0.39 is 10.1 Å². The summed E-state index contributed by atoms with van der Waals surface area (Å²) >= 11 is 0. The molecule has 0 saturated carbocycles. The van der Waals surface area contributed by atoms with Crippen molar-refractivity contribution in [3.8, 4) is 0 Å². The first kappa shape index (κ1) is 15.5. The van der Waals surface area contributed by atoms with E-state index in [-0.39, 0.29) is 22.1 Å². The zero-order valence-electron chi connectivity index (χ0n) is 12.5. The Labute approximate surface area is 121 Å². The molecular weight excluding hydrogens is 274 g/mol. The summed E-state index contributed by atoms with van der Waals surface area (Å²) in [6.45, 7) is 8.28. The van der Waals surface area contributed by atoms with Gasteiger partial charge in [-0.1, -0.05) is 18.2 Å². The van der Waals surface area contributed by atoms with Gasteiger partial charge < -0.3 is 5.32 Å². The Morgan fingerprint density at radius 3 is 2.05 bits per heavy atom. The molecule has 0 radical (unpaired) electrons. The molecule has 1 heterocycles. The highest BCUT2D eigenvalue weighted by molar-refractivity contribution is 7.86. The summed E-state index contributed by atoms with van der Waals surface area (Å²) in [6, 6.07) is 8.31. The van der Waals surface area contributed by atoms with E-state index >= 15 is 0 Å². The summed E-state index contributed by atoms with van der Waals surface area (Å²) in [7, 11) is -3.69. The number of hydrogen-bond acceptors (Lipinski definition) is 4. The average Bonchev–Trinajstić information content (AvgIpc) is 2.25. The van der Waals surface area contributed by atoms with Crippen molar-refractivity contribution in [1.82, 2.24) is 5.32 Å². The lowest BCUT2D eigenvalue weighted by molar-refractivity contribution is 0.0604. The van der Waals surface area contributed by atoms with E-state index in [9.17, 15) is 8.42 Å². The molecule has 1 aromatic carbocycles. The minimum atomic E-state index is -3.69. The normalized spacial score (nSPS) is 22.6. The first-order chi connectivity index (χ1) is 9.10. The molecule has 0 aromatic heterocycles. The maximum Gasteiger partial charge on any atom is 0.297 e. The van der Waals surface area contributed by atoms with Crippen LogP contribution in [0.15, 0.2) is 35.2 Å². The van der Waals surface area contributed by atoms with E-state index in [0.717, 1.165) is 0 Å². The third-order valence-electron chi connectivity index (χ3n) is 3.45. The van der Waals surface area contributed by atoms with Gasteiger partial charge in [0.05, 0.1) is 11.0 Å². The first-order valence-corrected chi connectivity index (χ1v) is 8.28. The monoisotopic (exact) mass is 297 g/mol. The molecule has 5 heteroatoms. The molecule has 1 saturated heterocycles. The van der Waals surface area contributed by atoms with Gasteiger partial charge in [-0.05, 0) is 52.7 Å². The summed E-state index contributed by atoms with van der Waals surface area (Å²) < 4.78 is 30.0. The van der Waals surface area contributed by atoms with Crippen LogP contribution < -0.4 is 5.32 Å². The second-order valence-corrected chi connectivity index (χ2v) is 8.36. The molecule has 4 nitrogen and oxygen atoms in total. The van der Waals surface area contributed by atoms with Gasteiger partial charge in [-0.15, -0.1) is 0 Å². The smallest absolute Gasteiger partial charge is 0.297 e. The molecule has 0 spiro atoms. The van der Waals surface area contributed by atoms with Gasteiger partial charge in [0.25, 0.3) is 10.1 Å². The van der Waals surface area contributed by atoms with Crippen LogP contribution in [0.1, 0.15) is 40.5 Å². The third kappa shape index (κ3) is 3.81. The Kier molecular flexibility index (Phi) is 3.97. The summed E-state index contributed by atoms with van der Waals surface area (Å²) in [6.07, 6.45) is 1.04. The standard InChI is InChI=1S/C15H23NO3S/c1-14(2)10-12(11-15(3,4)16-14)19-20(17,18)13-8-6-5-7-9-13/h5-9,12,16H,10-11H2,1-4H3. The zero-order chi connectivity index (χ0) is 15.0. The predicted molar refractivity (Wildman–Crippen MR) is 79.0 cm³/mol.